The number of hydrogen-bond donors (Lipinski definition) is 1. The Morgan fingerprint density at radius 1 is 1.32 bits per heavy atom. The maximum Gasteiger partial charge on any atom is 0.0595 e. The van der Waals surface area contributed by atoms with Gasteiger partial charge in [0.05, 0.1) is 16.1 Å². The van der Waals surface area contributed by atoms with E-state index in [9.17, 15) is 0 Å². The number of rotatable bonds is 2. The zero-order chi connectivity index (χ0) is 12.8. The van der Waals surface area contributed by atoms with Crippen molar-refractivity contribution in [2.75, 3.05) is 20.2 Å². The van der Waals surface area contributed by atoms with E-state index in [4.69, 9.17) is 27.9 Å². The van der Waals surface area contributed by atoms with Gasteiger partial charge in [-0.2, -0.15) is 0 Å². The quantitative estimate of drug-likeness (QED) is 0.897. The van der Waals surface area contributed by atoms with Crippen LogP contribution < -0.4 is 5.32 Å². The average molecular weight is 323 g/mol. The van der Waals surface area contributed by atoms with Gasteiger partial charge in [0.1, 0.15) is 0 Å². The SMILES string of the molecule is CO[C@H]1C[C@H]2CNC[C@@]2(c2ccc(Cl)c(Cl)c2)C1.Cl. The van der Waals surface area contributed by atoms with Gasteiger partial charge < -0.3 is 10.1 Å². The molecule has 0 unspecified atom stereocenters. The fraction of sp³-hybridized carbons (Fsp3) is 0.571. The lowest BCUT2D eigenvalue weighted by Crippen LogP contribution is -2.31. The third kappa shape index (κ3) is 2.50. The predicted octanol–water partition coefficient (Wildman–Crippen LogP) is 3.68. The van der Waals surface area contributed by atoms with Gasteiger partial charge in [0.15, 0.2) is 0 Å². The minimum absolute atomic E-state index is 0. The van der Waals surface area contributed by atoms with Crippen LogP contribution in [0.4, 0.5) is 0 Å². The number of halogens is 3. The summed E-state index contributed by atoms with van der Waals surface area (Å²) in [6, 6.07) is 6.05. The van der Waals surface area contributed by atoms with Gasteiger partial charge in [-0.15, -0.1) is 12.4 Å². The smallest absolute Gasteiger partial charge is 0.0595 e. The van der Waals surface area contributed by atoms with Gasteiger partial charge >= 0.3 is 0 Å². The van der Waals surface area contributed by atoms with Crippen molar-refractivity contribution in [3.05, 3.63) is 33.8 Å². The second-order valence-electron chi connectivity index (χ2n) is 5.41. The standard InChI is InChI=1S/C14H17Cl2NO.ClH/c1-18-11-4-10-7-17-8-14(10,6-11)9-2-3-12(15)13(16)5-9;/h2-3,5,10-11,17H,4,6-8H2,1H3;1H/t10-,11-,14+;/m0./s1. The summed E-state index contributed by atoms with van der Waals surface area (Å²) in [7, 11) is 1.81. The molecule has 106 valence electrons. The predicted molar refractivity (Wildman–Crippen MR) is 81.8 cm³/mol. The van der Waals surface area contributed by atoms with Crippen LogP contribution in [0.25, 0.3) is 0 Å². The Kier molecular flexibility index (Phi) is 4.69. The third-order valence-corrected chi connectivity index (χ3v) is 5.32. The fourth-order valence-corrected chi connectivity index (χ4v) is 3.90. The number of hydrogen-bond acceptors (Lipinski definition) is 2. The second-order valence-corrected chi connectivity index (χ2v) is 6.22. The molecule has 0 amide bonds. The molecule has 1 aliphatic heterocycles. The Balaban J connectivity index is 0.00000133. The Morgan fingerprint density at radius 3 is 2.79 bits per heavy atom. The molecule has 1 aliphatic carbocycles. The van der Waals surface area contributed by atoms with Crippen molar-refractivity contribution in [3.63, 3.8) is 0 Å². The molecule has 2 nitrogen and oxygen atoms in total. The van der Waals surface area contributed by atoms with Crippen molar-refractivity contribution in [1.82, 2.24) is 5.32 Å². The lowest BCUT2D eigenvalue weighted by molar-refractivity contribution is 0.100. The molecule has 2 aliphatic rings. The molecule has 0 aromatic heterocycles. The first kappa shape index (κ1) is 15.4. The van der Waals surface area contributed by atoms with E-state index < -0.39 is 0 Å². The number of fused-ring (bicyclic) bond motifs is 1. The van der Waals surface area contributed by atoms with Crippen molar-refractivity contribution in [2.24, 2.45) is 5.92 Å². The zero-order valence-corrected chi connectivity index (χ0v) is 13.1. The van der Waals surface area contributed by atoms with E-state index >= 15 is 0 Å². The van der Waals surface area contributed by atoms with Crippen LogP contribution in [0.15, 0.2) is 18.2 Å². The highest BCUT2D eigenvalue weighted by atomic mass is 35.5. The minimum atomic E-state index is 0. The van der Waals surface area contributed by atoms with Crippen LogP contribution in [0, 0.1) is 5.92 Å². The Bertz CT molecular complexity index is 468. The van der Waals surface area contributed by atoms with Crippen LogP contribution in [-0.4, -0.2) is 26.3 Å². The normalized spacial score (nSPS) is 33.0. The van der Waals surface area contributed by atoms with Gasteiger partial charge in [-0.05, 0) is 43.0 Å². The largest absolute Gasteiger partial charge is 0.381 e. The molecule has 1 aromatic carbocycles. The molecule has 5 heteroatoms. The molecular formula is C14H18Cl3NO. The fourth-order valence-electron chi connectivity index (χ4n) is 3.60. The van der Waals surface area contributed by atoms with E-state index in [1.54, 1.807) is 0 Å². The summed E-state index contributed by atoms with van der Waals surface area (Å²) < 4.78 is 5.56. The van der Waals surface area contributed by atoms with Crippen LogP contribution >= 0.6 is 35.6 Å². The van der Waals surface area contributed by atoms with Gasteiger partial charge in [-0.3, -0.25) is 0 Å². The Morgan fingerprint density at radius 2 is 2.11 bits per heavy atom. The molecule has 0 spiro atoms. The zero-order valence-electron chi connectivity index (χ0n) is 10.8. The van der Waals surface area contributed by atoms with E-state index in [0.29, 0.717) is 22.1 Å². The van der Waals surface area contributed by atoms with Crippen LogP contribution in [0.5, 0.6) is 0 Å². The Labute approximate surface area is 130 Å². The average Bonchev–Trinajstić information content (AvgIpc) is 2.89. The summed E-state index contributed by atoms with van der Waals surface area (Å²) in [6.45, 7) is 2.08. The maximum atomic E-state index is 6.17. The third-order valence-electron chi connectivity index (χ3n) is 4.58. The van der Waals surface area contributed by atoms with Crippen LogP contribution in [-0.2, 0) is 10.2 Å². The first-order chi connectivity index (χ1) is 8.65. The van der Waals surface area contributed by atoms with Crippen molar-refractivity contribution < 1.29 is 4.74 Å². The van der Waals surface area contributed by atoms with E-state index in [1.807, 2.05) is 19.2 Å². The topological polar surface area (TPSA) is 21.3 Å². The van der Waals surface area contributed by atoms with E-state index in [2.05, 4.69) is 11.4 Å². The highest BCUT2D eigenvalue weighted by molar-refractivity contribution is 6.42. The van der Waals surface area contributed by atoms with Crippen molar-refractivity contribution in [3.8, 4) is 0 Å². The van der Waals surface area contributed by atoms with E-state index in [1.165, 1.54) is 5.56 Å². The molecule has 1 N–H and O–H groups in total. The monoisotopic (exact) mass is 321 g/mol. The highest BCUT2D eigenvalue weighted by Crippen LogP contribution is 2.49. The molecular weight excluding hydrogens is 305 g/mol. The molecule has 3 atom stereocenters. The van der Waals surface area contributed by atoms with Crippen molar-refractivity contribution >= 4 is 35.6 Å². The van der Waals surface area contributed by atoms with Gasteiger partial charge in [-0.25, -0.2) is 0 Å². The van der Waals surface area contributed by atoms with Gasteiger partial charge in [-0.1, -0.05) is 29.3 Å². The summed E-state index contributed by atoms with van der Waals surface area (Å²) in [6.07, 6.45) is 2.56. The molecule has 0 bridgehead atoms. The number of ether oxygens (including phenoxy) is 1. The molecule has 3 rings (SSSR count). The number of nitrogens with one attached hydrogen (secondary N) is 1. The van der Waals surface area contributed by atoms with E-state index in [0.717, 1.165) is 25.9 Å². The van der Waals surface area contributed by atoms with Gasteiger partial charge in [0.25, 0.3) is 0 Å². The molecule has 1 heterocycles. The molecule has 1 aromatic rings. The lowest BCUT2D eigenvalue weighted by atomic mass is 9.74. The summed E-state index contributed by atoms with van der Waals surface area (Å²) in [5.41, 5.74) is 1.47. The first-order valence-electron chi connectivity index (χ1n) is 6.35. The van der Waals surface area contributed by atoms with Gasteiger partial charge in [0, 0.05) is 19.1 Å². The molecule has 0 radical (unpaired) electrons. The second kappa shape index (κ2) is 5.79. The maximum absolute atomic E-state index is 6.17. The summed E-state index contributed by atoms with van der Waals surface area (Å²) in [5, 5.41) is 4.78. The van der Waals surface area contributed by atoms with Crippen LogP contribution in [0.2, 0.25) is 10.0 Å². The van der Waals surface area contributed by atoms with Crippen LogP contribution in [0.3, 0.4) is 0 Å². The minimum Gasteiger partial charge on any atom is -0.381 e. The van der Waals surface area contributed by atoms with Crippen molar-refractivity contribution in [2.45, 2.75) is 24.4 Å². The summed E-state index contributed by atoms with van der Waals surface area (Å²) >= 11 is 12.2. The Hall–Kier alpha value is 0.01000. The summed E-state index contributed by atoms with van der Waals surface area (Å²) in [4.78, 5) is 0. The molecule has 19 heavy (non-hydrogen) atoms. The molecule has 1 saturated heterocycles. The highest BCUT2D eigenvalue weighted by Gasteiger charge is 2.51. The summed E-state index contributed by atoms with van der Waals surface area (Å²) in [5.74, 6) is 0.639. The first-order valence-corrected chi connectivity index (χ1v) is 7.10. The number of benzene rings is 1. The van der Waals surface area contributed by atoms with Crippen molar-refractivity contribution in [1.29, 1.82) is 0 Å². The molecule has 2 fully saturated rings. The molecule has 1 saturated carbocycles. The van der Waals surface area contributed by atoms with Gasteiger partial charge in [0.2, 0.25) is 0 Å². The van der Waals surface area contributed by atoms with E-state index in [-0.39, 0.29) is 17.8 Å². The lowest BCUT2D eigenvalue weighted by Gasteiger charge is -2.29. The number of methoxy groups -OCH3 is 1. The van der Waals surface area contributed by atoms with Crippen LogP contribution in [0.1, 0.15) is 18.4 Å².